The highest BCUT2D eigenvalue weighted by Gasteiger charge is 2.46. The van der Waals surface area contributed by atoms with Gasteiger partial charge in [-0.2, -0.15) is 5.26 Å². The molecule has 8 rings (SSSR count). The lowest BCUT2D eigenvalue weighted by atomic mass is 9.65. The molecule has 2 bridgehead atoms. The Morgan fingerprint density at radius 2 is 1.14 bits per heavy atom. The van der Waals surface area contributed by atoms with Gasteiger partial charge in [0.1, 0.15) is 0 Å². The van der Waals surface area contributed by atoms with Crippen molar-refractivity contribution in [3.63, 3.8) is 0 Å². The molecule has 246 valence electrons. The lowest BCUT2D eigenvalue weighted by molar-refractivity contribution is 0.581. The fourth-order valence-corrected chi connectivity index (χ4v) is 8.15. The quantitative estimate of drug-likeness (QED) is 0.194. The van der Waals surface area contributed by atoms with Crippen LogP contribution in [0.25, 0.3) is 11.1 Å². The van der Waals surface area contributed by atoms with Crippen molar-refractivity contribution in [3.05, 3.63) is 173 Å². The normalized spacial score (nSPS) is 19.0. The van der Waals surface area contributed by atoms with Gasteiger partial charge in [0.25, 0.3) is 0 Å². The van der Waals surface area contributed by atoms with Gasteiger partial charge in [-0.25, -0.2) is 0 Å². The third-order valence-corrected chi connectivity index (χ3v) is 11.6. The Labute approximate surface area is 297 Å². The molecule has 0 N–H and O–H groups in total. The maximum atomic E-state index is 9.66. The van der Waals surface area contributed by atoms with E-state index in [9.17, 15) is 5.26 Å². The summed E-state index contributed by atoms with van der Waals surface area (Å²) in [6.45, 7) is 16.5. The van der Waals surface area contributed by atoms with Gasteiger partial charge in [-0.3, -0.25) is 0 Å². The van der Waals surface area contributed by atoms with Gasteiger partial charge in [0.15, 0.2) is 0 Å². The number of para-hydroxylation sites is 1. The predicted molar refractivity (Wildman–Crippen MR) is 209 cm³/mol. The van der Waals surface area contributed by atoms with Crippen LogP contribution in [0.2, 0.25) is 0 Å². The van der Waals surface area contributed by atoms with Crippen molar-refractivity contribution in [2.24, 2.45) is 0 Å². The average molecular weight is 650 g/mol. The standard InChI is InChI=1S/C47H43N3/c1-31-13-11-16-35-30-49-43-39(46(35,4)5)17-12-18-40(43)47(6,7)42-28-38(27-41(44(42)49)45(31,2)3)50(36-23-19-32(29-48)20-24-36)37-25-21-34(22-26-37)33-14-9-8-10-15-33/h8-28,30H,1-7H3/b16-11-,31-13+. The molecular weight excluding hydrogens is 607 g/mol. The number of hydrogen-bond donors (Lipinski definition) is 0. The second-order valence-corrected chi connectivity index (χ2v) is 15.5. The number of allylic oxidation sites excluding steroid dienone is 5. The monoisotopic (exact) mass is 649 g/mol. The van der Waals surface area contributed by atoms with Gasteiger partial charge in [-0.15, -0.1) is 0 Å². The molecule has 0 saturated carbocycles. The Bertz CT molecular complexity index is 2290. The van der Waals surface area contributed by atoms with E-state index < -0.39 is 0 Å². The molecule has 0 radical (unpaired) electrons. The van der Waals surface area contributed by atoms with Crippen LogP contribution in [-0.2, 0) is 16.2 Å². The van der Waals surface area contributed by atoms with E-state index in [-0.39, 0.29) is 16.2 Å². The second kappa shape index (κ2) is 11.2. The first kappa shape index (κ1) is 31.7. The van der Waals surface area contributed by atoms with Crippen LogP contribution >= 0.6 is 0 Å². The summed E-state index contributed by atoms with van der Waals surface area (Å²) in [7, 11) is 0. The van der Waals surface area contributed by atoms with Crippen LogP contribution in [0.4, 0.5) is 28.4 Å². The minimum atomic E-state index is -0.279. The molecule has 3 aliphatic heterocycles. The van der Waals surface area contributed by atoms with E-state index in [1.54, 1.807) is 0 Å². The molecule has 3 aliphatic rings. The van der Waals surface area contributed by atoms with Crippen LogP contribution in [0, 0.1) is 11.3 Å². The molecule has 0 amide bonds. The molecule has 0 fully saturated rings. The third-order valence-electron chi connectivity index (χ3n) is 11.6. The molecule has 0 saturated heterocycles. The smallest absolute Gasteiger partial charge is 0.0991 e. The number of anilines is 5. The van der Waals surface area contributed by atoms with Crippen LogP contribution in [0.3, 0.4) is 0 Å². The number of rotatable bonds is 4. The third kappa shape index (κ3) is 4.70. The van der Waals surface area contributed by atoms with Crippen molar-refractivity contribution in [2.45, 2.75) is 64.7 Å². The number of nitriles is 1. The number of nitrogens with zero attached hydrogens (tertiary/aromatic N) is 3. The molecule has 0 atom stereocenters. The Kier molecular flexibility index (Phi) is 7.11. The largest absolute Gasteiger partial charge is 0.316 e. The first-order valence-electron chi connectivity index (χ1n) is 17.6. The Morgan fingerprint density at radius 1 is 0.580 bits per heavy atom. The van der Waals surface area contributed by atoms with E-state index in [2.05, 4.69) is 186 Å². The molecule has 0 spiro atoms. The minimum Gasteiger partial charge on any atom is -0.316 e. The highest BCUT2D eigenvalue weighted by atomic mass is 15.2. The fourth-order valence-electron chi connectivity index (χ4n) is 8.15. The van der Waals surface area contributed by atoms with Crippen LogP contribution < -0.4 is 9.80 Å². The molecule has 3 nitrogen and oxygen atoms in total. The summed E-state index contributed by atoms with van der Waals surface area (Å²) >= 11 is 0. The lowest BCUT2D eigenvalue weighted by Gasteiger charge is -2.49. The summed E-state index contributed by atoms with van der Waals surface area (Å²) in [6.07, 6.45) is 9.23. The van der Waals surface area contributed by atoms with Gasteiger partial charge in [-0.05, 0) is 94.4 Å². The van der Waals surface area contributed by atoms with Crippen molar-refractivity contribution < 1.29 is 0 Å². The van der Waals surface area contributed by atoms with E-state index in [0.717, 1.165) is 17.1 Å². The van der Waals surface area contributed by atoms with E-state index in [1.165, 1.54) is 55.9 Å². The molecule has 3 heteroatoms. The van der Waals surface area contributed by atoms with Crippen LogP contribution in [0.1, 0.15) is 76.3 Å². The van der Waals surface area contributed by atoms with Crippen LogP contribution in [0.5, 0.6) is 0 Å². The lowest BCUT2D eigenvalue weighted by Crippen LogP contribution is -2.39. The zero-order valence-corrected chi connectivity index (χ0v) is 30.0. The molecule has 3 heterocycles. The molecule has 0 unspecified atom stereocenters. The maximum Gasteiger partial charge on any atom is 0.0991 e. The SMILES string of the molecule is C/C1=C\C=C/C2=CN3c4c(cccc4C(C)(C)c4cc(N(c5ccc(C#N)cc5)c5ccc(-c6ccccc6)cc5)cc(c43)C1(C)C)C2(C)C. The van der Waals surface area contributed by atoms with Crippen molar-refractivity contribution >= 4 is 28.4 Å². The number of benzene rings is 5. The average Bonchev–Trinajstić information content (AvgIpc) is 3.12. The highest BCUT2D eigenvalue weighted by Crippen LogP contribution is 2.59. The van der Waals surface area contributed by atoms with Gasteiger partial charge < -0.3 is 9.80 Å². The van der Waals surface area contributed by atoms with Gasteiger partial charge in [-0.1, -0.05) is 126 Å². The van der Waals surface area contributed by atoms with Crippen molar-refractivity contribution in [1.82, 2.24) is 0 Å². The number of hydrogen-bond acceptors (Lipinski definition) is 3. The van der Waals surface area contributed by atoms with Crippen molar-refractivity contribution in [1.29, 1.82) is 5.26 Å². The van der Waals surface area contributed by atoms with Crippen molar-refractivity contribution in [2.75, 3.05) is 9.80 Å². The molecule has 0 aromatic heterocycles. The topological polar surface area (TPSA) is 30.3 Å². The van der Waals surface area contributed by atoms with Crippen LogP contribution in [0.15, 0.2) is 145 Å². The summed E-state index contributed by atoms with van der Waals surface area (Å²) in [6, 6.07) is 41.4. The second-order valence-electron chi connectivity index (χ2n) is 15.5. The molecule has 5 aromatic rings. The van der Waals surface area contributed by atoms with Gasteiger partial charge in [0, 0.05) is 39.5 Å². The van der Waals surface area contributed by atoms with E-state index in [0.29, 0.717) is 5.56 Å². The fraction of sp³-hybridized carbons (Fsp3) is 0.213. The summed E-state index contributed by atoms with van der Waals surface area (Å²) in [5.41, 5.74) is 16.0. The van der Waals surface area contributed by atoms with Crippen LogP contribution in [-0.4, -0.2) is 0 Å². The zero-order chi connectivity index (χ0) is 35.0. The molecule has 5 aromatic carbocycles. The van der Waals surface area contributed by atoms with E-state index in [4.69, 9.17) is 0 Å². The zero-order valence-electron chi connectivity index (χ0n) is 30.0. The summed E-state index contributed by atoms with van der Waals surface area (Å²) in [4.78, 5) is 4.86. The minimum absolute atomic E-state index is 0.138. The van der Waals surface area contributed by atoms with Gasteiger partial charge in [0.2, 0.25) is 0 Å². The summed E-state index contributed by atoms with van der Waals surface area (Å²) in [5.74, 6) is 0. The predicted octanol–water partition coefficient (Wildman–Crippen LogP) is 12.4. The Balaban J connectivity index is 1.42. The van der Waals surface area contributed by atoms with E-state index >= 15 is 0 Å². The van der Waals surface area contributed by atoms with Gasteiger partial charge in [0.05, 0.1) is 23.0 Å². The van der Waals surface area contributed by atoms with E-state index in [1.807, 2.05) is 12.1 Å². The first-order valence-corrected chi connectivity index (χ1v) is 17.6. The molecular formula is C47H43N3. The Hall–Kier alpha value is -5.59. The van der Waals surface area contributed by atoms with Crippen molar-refractivity contribution in [3.8, 4) is 17.2 Å². The first-order chi connectivity index (χ1) is 23.9. The van der Waals surface area contributed by atoms with Gasteiger partial charge >= 0.3 is 0 Å². The summed E-state index contributed by atoms with van der Waals surface area (Å²) < 4.78 is 0. The maximum absolute atomic E-state index is 9.66. The molecule has 0 aliphatic carbocycles. The highest BCUT2D eigenvalue weighted by molar-refractivity contribution is 5.91. The molecule has 50 heavy (non-hydrogen) atoms. The Morgan fingerprint density at radius 3 is 1.78 bits per heavy atom. The summed E-state index contributed by atoms with van der Waals surface area (Å²) in [5, 5.41) is 9.66.